The molecular weight excluding hydrogens is 579 g/mol. The zero-order valence-electron chi connectivity index (χ0n) is 24.6. The molecule has 0 bridgehead atoms. The highest BCUT2D eigenvalue weighted by Gasteiger charge is 2.29. The maximum atomic E-state index is 13.1. The third-order valence-electron chi connectivity index (χ3n) is 7.41. The topological polar surface area (TPSA) is 80.6 Å². The number of amides is 2. The molecule has 43 heavy (non-hydrogen) atoms. The van der Waals surface area contributed by atoms with Gasteiger partial charge in [-0.25, -0.2) is 0 Å². The predicted molar refractivity (Wildman–Crippen MR) is 172 cm³/mol. The summed E-state index contributed by atoms with van der Waals surface area (Å²) in [5, 5.41) is 9.85. The van der Waals surface area contributed by atoms with Crippen molar-refractivity contribution < 1.29 is 14.3 Å². The van der Waals surface area contributed by atoms with Crippen LogP contribution in [0.1, 0.15) is 31.2 Å². The van der Waals surface area contributed by atoms with Gasteiger partial charge in [-0.1, -0.05) is 60.3 Å². The number of hydrogen-bond donors (Lipinski definition) is 0. The van der Waals surface area contributed by atoms with Gasteiger partial charge in [-0.3, -0.25) is 14.2 Å². The summed E-state index contributed by atoms with van der Waals surface area (Å²) >= 11 is 3.17. The molecule has 4 aromatic rings. The Labute approximate surface area is 261 Å². The lowest BCUT2D eigenvalue weighted by atomic mass is 10.1. The second-order valence-corrected chi connectivity index (χ2v) is 12.5. The summed E-state index contributed by atoms with van der Waals surface area (Å²) < 4.78 is 7.43. The first kappa shape index (κ1) is 30.7. The number of piperazine rings is 1. The molecule has 1 aromatic heterocycles. The average Bonchev–Trinajstić information content (AvgIpc) is 3.44. The molecule has 2 amide bonds. The molecule has 2 heterocycles. The molecule has 0 aliphatic carbocycles. The van der Waals surface area contributed by atoms with E-state index in [0.717, 1.165) is 45.1 Å². The van der Waals surface area contributed by atoms with Gasteiger partial charge in [0, 0.05) is 54.9 Å². The number of thioether (sulfide) groups is 2. The van der Waals surface area contributed by atoms with Crippen LogP contribution in [0.5, 0.6) is 5.75 Å². The lowest BCUT2D eigenvalue weighted by Crippen LogP contribution is -2.55. The molecule has 5 rings (SSSR count). The van der Waals surface area contributed by atoms with Crippen LogP contribution in [0, 0.1) is 0 Å². The van der Waals surface area contributed by atoms with E-state index in [-0.39, 0.29) is 17.9 Å². The number of carbonyl (C=O) groups excluding carboxylic acids is 2. The average molecular weight is 616 g/mol. The molecule has 0 N–H and O–H groups in total. The first-order valence-electron chi connectivity index (χ1n) is 14.5. The molecule has 8 nitrogen and oxygen atoms in total. The van der Waals surface area contributed by atoms with Gasteiger partial charge < -0.3 is 14.5 Å². The fourth-order valence-electron chi connectivity index (χ4n) is 5.12. The summed E-state index contributed by atoms with van der Waals surface area (Å²) in [5.74, 6) is 3.07. The Bertz CT molecular complexity index is 1480. The number of ether oxygens (including phenoxy) is 1. The van der Waals surface area contributed by atoms with Crippen molar-refractivity contribution in [2.45, 2.75) is 42.3 Å². The van der Waals surface area contributed by atoms with Crippen LogP contribution in [0.2, 0.25) is 0 Å². The van der Waals surface area contributed by atoms with Crippen LogP contribution < -0.4 is 4.74 Å². The van der Waals surface area contributed by atoms with Crippen LogP contribution >= 0.6 is 23.5 Å². The fraction of sp³-hybridized carbons (Fsp3) is 0.333. The maximum absolute atomic E-state index is 13.1. The summed E-state index contributed by atoms with van der Waals surface area (Å²) in [6.45, 7) is 3.75. The van der Waals surface area contributed by atoms with Crippen molar-refractivity contribution in [3.63, 3.8) is 0 Å². The highest BCUT2D eigenvalue weighted by molar-refractivity contribution is 8.00. The van der Waals surface area contributed by atoms with Gasteiger partial charge in [0.05, 0.1) is 12.9 Å². The van der Waals surface area contributed by atoms with Crippen LogP contribution in [0.3, 0.4) is 0 Å². The number of rotatable bonds is 12. The Kier molecular flexibility index (Phi) is 10.8. The molecule has 0 saturated carbocycles. The molecule has 1 atom stereocenters. The first-order valence-corrected chi connectivity index (χ1v) is 16.5. The molecule has 1 aliphatic rings. The van der Waals surface area contributed by atoms with Crippen LogP contribution in [-0.4, -0.2) is 80.7 Å². The van der Waals surface area contributed by atoms with E-state index < -0.39 is 0 Å². The SMILES string of the molecule is COc1ccc(-n2c(Cc3ccccc3)nnc2SCCCC(=O)N2CCN(C(=O)CSc3ccccc3)C(C)C2)cc1. The van der Waals surface area contributed by atoms with Crippen LogP contribution in [0.15, 0.2) is 95.0 Å². The molecule has 0 spiro atoms. The van der Waals surface area contributed by atoms with E-state index in [4.69, 9.17) is 4.74 Å². The van der Waals surface area contributed by atoms with Crippen molar-refractivity contribution in [3.05, 3.63) is 96.3 Å². The normalized spacial score (nSPS) is 15.0. The summed E-state index contributed by atoms with van der Waals surface area (Å²) in [7, 11) is 1.66. The minimum absolute atomic E-state index is 0.00188. The van der Waals surface area contributed by atoms with Crippen molar-refractivity contribution in [1.29, 1.82) is 0 Å². The molecule has 10 heteroatoms. The van der Waals surface area contributed by atoms with E-state index in [1.807, 2.05) is 89.5 Å². The minimum Gasteiger partial charge on any atom is -0.497 e. The second-order valence-electron chi connectivity index (χ2n) is 10.4. The lowest BCUT2D eigenvalue weighted by Gasteiger charge is -2.40. The summed E-state index contributed by atoms with van der Waals surface area (Å²) in [5.41, 5.74) is 2.14. The summed E-state index contributed by atoms with van der Waals surface area (Å²) in [6.07, 6.45) is 1.86. The van der Waals surface area contributed by atoms with E-state index in [9.17, 15) is 9.59 Å². The maximum Gasteiger partial charge on any atom is 0.233 e. The molecule has 1 fully saturated rings. The Balaban J connectivity index is 1.13. The Morgan fingerprint density at radius 2 is 1.60 bits per heavy atom. The van der Waals surface area contributed by atoms with Crippen molar-refractivity contribution in [2.75, 3.05) is 38.2 Å². The van der Waals surface area contributed by atoms with E-state index in [1.54, 1.807) is 30.6 Å². The van der Waals surface area contributed by atoms with E-state index in [0.29, 0.717) is 38.2 Å². The number of carbonyl (C=O) groups is 2. The van der Waals surface area contributed by atoms with Gasteiger partial charge in [-0.2, -0.15) is 0 Å². The molecule has 224 valence electrons. The van der Waals surface area contributed by atoms with Gasteiger partial charge in [-0.15, -0.1) is 22.0 Å². The van der Waals surface area contributed by atoms with Crippen LogP contribution in [-0.2, 0) is 16.0 Å². The molecule has 1 unspecified atom stereocenters. The van der Waals surface area contributed by atoms with Crippen molar-refractivity contribution in [1.82, 2.24) is 24.6 Å². The summed E-state index contributed by atoms with van der Waals surface area (Å²) in [4.78, 5) is 30.8. The zero-order valence-corrected chi connectivity index (χ0v) is 26.2. The molecule has 0 radical (unpaired) electrons. The standard InChI is InChI=1S/C33H37N5O3S2/c1-25-23-36(19-20-37(25)32(40)24-43-29-12-7-4-8-13-29)31(39)14-9-21-42-33-35-34-30(22-26-10-5-3-6-11-26)38(33)27-15-17-28(41-2)18-16-27/h3-8,10-13,15-18,25H,9,14,19-24H2,1-2H3. The third-order valence-corrected chi connectivity index (χ3v) is 9.42. The molecule has 1 saturated heterocycles. The van der Waals surface area contributed by atoms with Crippen molar-refractivity contribution >= 4 is 35.3 Å². The Morgan fingerprint density at radius 1 is 0.884 bits per heavy atom. The number of nitrogens with zero attached hydrogens (tertiary/aromatic N) is 5. The van der Waals surface area contributed by atoms with Gasteiger partial charge >= 0.3 is 0 Å². The predicted octanol–water partition coefficient (Wildman–Crippen LogP) is 5.59. The monoisotopic (exact) mass is 615 g/mol. The highest BCUT2D eigenvalue weighted by atomic mass is 32.2. The number of methoxy groups -OCH3 is 1. The first-order chi connectivity index (χ1) is 21.0. The molecule has 3 aromatic carbocycles. The molecule has 1 aliphatic heterocycles. The fourth-order valence-corrected chi connectivity index (χ4v) is 6.84. The van der Waals surface area contributed by atoms with Gasteiger partial charge in [0.25, 0.3) is 0 Å². The number of benzene rings is 3. The largest absolute Gasteiger partial charge is 0.497 e. The number of aromatic nitrogens is 3. The minimum atomic E-state index is 0.00188. The van der Waals surface area contributed by atoms with Gasteiger partial charge in [0.1, 0.15) is 11.6 Å². The Morgan fingerprint density at radius 3 is 2.30 bits per heavy atom. The van der Waals surface area contributed by atoms with E-state index >= 15 is 0 Å². The quantitative estimate of drug-likeness (QED) is 0.152. The third kappa shape index (κ3) is 8.20. The number of hydrogen-bond acceptors (Lipinski definition) is 7. The molecular formula is C33H37N5O3S2. The van der Waals surface area contributed by atoms with Crippen LogP contribution in [0.4, 0.5) is 0 Å². The summed E-state index contributed by atoms with van der Waals surface area (Å²) in [6, 6.07) is 28.1. The lowest BCUT2D eigenvalue weighted by molar-refractivity contribution is -0.140. The highest BCUT2D eigenvalue weighted by Crippen LogP contribution is 2.26. The zero-order chi connectivity index (χ0) is 30.0. The van der Waals surface area contributed by atoms with Gasteiger partial charge in [0.15, 0.2) is 5.16 Å². The van der Waals surface area contributed by atoms with Crippen LogP contribution in [0.25, 0.3) is 5.69 Å². The van der Waals surface area contributed by atoms with E-state index in [2.05, 4.69) is 26.9 Å². The van der Waals surface area contributed by atoms with Gasteiger partial charge in [-0.05, 0) is 55.3 Å². The smallest absolute Gasteiger partial charge is 0.233 e. The van der Waals surface area contributed by atoms with Gasteiger partial charge in [0.2, 0.25) is 11.8 Å². The van der Waals surface area contributed by atoms with Crippen molar-refractivity contribution in [2.24, 2.45) is 0 Å². The van der Waals surface area contributed by atoms with E-state index in [1.165, 1.54) is 0 Å². The Hall–Kier alpha value is -3.76. The van der Waals surface area contributed by atoms with Crippen molar-refractivity contribution in [3.8, 4) is 11.4 Å². The second kappa shape index (κ2) is 15.1.